The molecular weight excluding hydrogens is 245 g/mol. The van der Waals surface area contributed by atoms with E-state index in [9.17, 15) is 9.65 Å². The maximum Gasteiger partial charge on any atom is 0.124 e. The molecule has 0 saturated carbocycles. The van der Waals surface area contributed by atoms with E-state index < -0.39 is 0 Å². The summed E-state index contributed by atoms with van der Waals surface area (Å²) in [6, 6.07) is 18.4. The van der Waals surface area contributed by atoms with E-state index in [-0.39, 0.29) is 11.7 Å². The van der Waals surface area contributed by atoms with Gasteiger partial charge in [0.25, 0.3) is 0 Å². The molecule has 1 unspecified atom stereocenters. The topological polar surface area (TPSA) is 23.8 Å². The Balaban J connectivity index is 2.03. The van der Waals surface area contributed by atoms with Crippen molar-refractivity contribution < 1.29 is 4.39 Å². The van der Waals surface area contributed by atoms with Gasteiger partial charge in [-0.05, 0) is 23.8 Å². The first-order chi connectivity index (χ1) is 8.79. The Morgan fingerprint density at radius 2 is 1.89 bits per heavy atom. The molecule has 0 bridgehead atoms. The summed E-state index contributed by atoms with van der Waals surface area (Å²) in [5.41, 5.74) is 1.00. The Labute approximate surface area is 110 Å². The molecule has 0 heterocycles. The lowest BCUT2D eigenvalue weighted by Crippen LogP contribution is -1.98. The van der Waals surface area contributed by atoms with Gasteiger partial charge in [-0.15, -0.1) is 11.8 Å². The summed E-state index contributed by atoms with van der Waals surface area (Å²) in [5, 5.41) is 9.17. The van der Waals surface area contributed by atoms with Gasteiger partial charge in [0.05, 0.1) is 12.0 Å². The molecule has 0 radical (unpaired) electrons. The Morgan fingerprint density at radius 1 is 1.11 bits per heavy atom. The monoisotopic (exact) mass is 257 g/mol. The highest BCUT2D eigenvalue weighted by Gasteiger charge is 2.10. The zero-order valence-electron chi connectivity index (χ0n) is 9.71. The third-order valence-electron chi connectivity index (χ3n) is 2.57. The van der Waals surface area contributed by atoms with Crippen molar-refractivity contribution in [2.45, 2.75) is 10.8 Å². The Morgan fingerprint density at radius 3 is 2.56 bits per heavy atom. The van der Waals surface area contributed by atoms with Gasteiger partial charge in [0.2, 0.25) is 0 Å². The quantitative estimate of drug-likeness (QED) is 0.765. The number of rotatable bonds is 4. The molecule has 3 heteroatoms. The van der Waals surface area contributed by atoms with Gasteiger partial charge >= 0.3 is 0 Å². The van der Waals surface area contributed by atoms with Crippen LogP contribution >= 0.6 is 11.8 Å². The second-order valence-corrected chi connectivity index (χ2v) is 4.95. The van der Waals surface area contributed by atoms with Gasteiger partial charge in [0.15, 0.2) is 0 Å². The van der Waals surface area contributed by atoms with Crippen molar-refractivity contribution in [3.63, 3.8) is 0 Å². The summed E-state index contributed by atoms with van der Waals surface area (Å²) in [6.07, 6.45) is 0. The van der Waals surface area contributed by atoms with Gasteiger partial charge in [-0.2, -0.15) is 5.26 Å². The Bertz CT molecular complexity index is 548. The number of benzene rings is 2. The van der Waals surface area contributed by atoms with Crippen LogP contribution in [0.4, 0.5) is 4.39 Å². The highest BCUT2D eigenvalue weighted by molar-refractivity contribution is 7.99. The normalized spacial score (nSPS) is 11.8. The summed E-state index contributed by atoms with van der Waals surface area (Å²) in [6.45, 7) is 0. The minimum absolute atomic E-state index is 0.167. The fourth-order valence-electron chi connectivity index (χ4n) is 1.63. The Kier molecular flexibility index (Phi) is 4.38. The fourth-order valence-corrected chi connectivity index (χ4v) is 2.63. The molecular formula is C15H12FNS. The lowest BCUT2D eigenvalue weighted by atomic mass is 10.0. The summed E-state index contributed by atoms with van der Waals surface area (Å²) in [7, 11) is 0. The van der Waals surface area contributed by atoms with Crippen LogP contribution in [0.15, 0.2) is 59.5 Å². The number of halogens is 1. The van der Waals surface area contributed by atoms with Crippen LogP contribution in [0, 0.1) is 17.1 Å². The summed E-state index contributed by atoms with van der Waals surface area (Å²) >= 11 is 1.50. The van der Waals surface area contributed by atoms with E-state index in [1.807, 2.05) is 36.4 Å². The molecule has 2 aromatic rings. The van der Waals surface area contributed by atoms with E-state index in [4.69, 9.17) is 0 Å². The molecule has 2 aromatic carbocycles. The SMILES string of the molecule is N#CC(CSc1cccc(F)c1)c1ccccc1. The second kappa shape index (κ2) is 6.23. The molecule has 0 aliphatic rings. The van der Waals surface area contributed by atoms with E-state index in [1.165, 1.54) is 23.9 Å². The van der Waals surface area contributed by atoms with Crippen molar-refractivity contribution in [1.82, 2.24) is 0 Å². The van der Waals surface area contributed by atoms with Crippen LogP contribution in [0.5, 0.6) is 0 Å². The third kappa shape index (κ3) is 3.35. The maximum atomic E-state index is 13.0. The molecule has 18 heavy (non-hydrogen) atoms. The molecule has 90 valence electrons. The lowest BCUT2D eigenvalue weighted by Gasteiger charge is -2.08. The molecule has 0 spiro atoms. The second-order valence-electron chi connectivity index (χ2n) is 3.86. The predicted molar refractivity (Wildman–Crippen MR) is 71.9 cm³/mol. The Hall–Kier alpha value is -1.79. The first-order valence-electron chi connectivity index (χ1n) is 5.62. The molecule has 0 aliphatic carbocycles. The van der Waals surface area contributed by atoms with Crippen molar-refractivity contribution in [1.29, 1.82) is 5.26 Å². The van der Waals surface area contributed by atoms with Crippen molar-refractivity contribution >= 4 is 11.8 Å². The zero-order chi connectivity index (χ0) is 12.8. The van der Waals surface area contributed by atoms with E-state index in [2.05, 4.69) is 6.07 Å². The van der Waals surface area contributed by atoms with Gasteiger partial charge in [-0.1, -0.05) is 36.4 Å². The number of thioether (sulfide) groups is 1. The van der Waals surface area contributed by atoms with Gasteiger partial charge in [0, 0.05) is 10.6 Å². The first kappa shape index (κ1) is 12.7. The van der Waals surface area contributed by atoms with Crippen LogP contribution in [0.2, 0.25) is 0 Å². The van der Waals surface area contributed by atoms with Crippen LogP contribution in [-0.2, 0) is 0 Å². The zero-order valence-corrected chi connectivity index (χ0v) is 10.5. The molecule has 1 nitrogen and oxygen atoms in total. The van der Waals surface area contributed by atoms with Crippen LogP contribution in [0.3, 0.4) is 0 Å². The van der Waals surface area contributed by atoms with Gasteiger partial charge in [-0.3, -0.25) is 0 Å². The number of nitriles is 1. The fraction of sp³-hybridized carbons (Fsp3) is 0.133. The molecule has 0 aliphatic heterocycles. The van der Waals surface area contributed by atoms with Crippen molar-refractivity contribution in [2.24, 2.45) is 0 Å². The average Bonchev–Trinajstić information content (AvgIpc) is 2.41. The van der Waals surface area contributed by atoms with E-state index in [0.717, 1.165) is 10.5 Å². The summed E-state index contributed by atoms with van der Waals surface area (Å²) < 4.78 is 13.0. The smallest absolute Gasteiger partial charge is 0.124 e. The van der Waals surface area contributed by atoms with Crippen LogP contribution in [-0.4, -0.2) is 5.75 Å². The van der Waals surface area contributed by atoms with E-state index in [1.54, 1.807) is 6.07 Å². The minimum atomic E-state index is -0.242. The first-order valence-corrected chi connectivity index (χ1v) is 6.61. The third-order valence-corrected chi connectivity index (χ3v) is 3.66. The maximum absolute atomic E-state index is 13.0. The van der Waals surface area contributed by atoms with Crippen LogP contribution in [0.25, 0.3) is 0 Å². The molecule has 1 atom stereocenters. The molecule has 0 aromatic heterocycles. The molecule has 0 fully saturated rings. The molecule has 0 saturated heterocycles. The number of nitrogens with zero attached hydrogens (tertiary/aromatic N) is 1. The molecule has 0 N–H and O–H groups in total. The number of hydrogen-bond acceptors (Lipinski definition) is 2. The van der Waals surface area contributed by atoms with Crippen molar-refractivity contribution in [3.05, 3.63) is 66.0 Å². The van der Waals surface area contributed by atoms with Gasteiger partial charge in [-0.25, -0.2) is 4.39 Å². The minimum Gasteiger partial charge on any atom is -0.207 e. The van der Waals surface area contributed by atoms with Crippen LogP contribution in [0.1, 0.15) is 11.5 Å². The number of hydrogen-bond donors (Lipinski definition) is 0. The van der Waals surface area contributed by atoms with Crippen LogP contribution < -0.4 is 0 Å². The van der Waals surface area contributed by atoms with E-state index in [0.29, 0.717) is 5.75 Å². The largest absolute Gasteiger partial charge is 0.207 e. The van der Waals surface area contributed by atoms with E-state index >= 15 is 0 Å². The lowest BCUT2D eigenvalue weighted by molar-refractivity contribution is 0.624. The summed E-state index contributed by atoms with van der Waals surface area (Å²) in [5.74, 6) is 0.219. The highest BCUT2D eigenvalue weighted by Crippen LogP contribution is 2.26. The molecule has 0 amide bonds. The highest BCUT2D eigenvalue weighted by atomic mass is 32.2. The predicted octanol–water partition coefficient (Wildman–Crippen LogP) is 4.23. The van der Waals surface area contributed by atoms with Crippen molar-refractivity contribution in [2.75, 3.05) is 5.75 Å². The summed E-state index contributed by atoms with van der Waals surface area (Å²) in [4.78, 5) is 0.853. The molecule has 2 rings (SSSR count). The van der Waals surface area contributed by atoms with Crippen molar-refractivity contribution in [3.8, 4) is 6.07 Å². The van der Waals surface area contributed by atoms with Gasteiger partial charge < -0.3 is 0 Å². The average molecular weight is 257 g/mol. The van der Waals surface area contributed by atoms with Gasteiger partial charge in [0.1, 0.15) is 5.82 Å². The standard InChI is InChI=1S/C15H12FNS/c16-14-7-4-8-15(9-14)18-11-13(10-17)12-5-2-1-3-6-12/h1-9,13H,11H2.